The molecule has 5 aromatic rings. The van der Waals surface area contributed by atoms with Crippen molar-refractivity contribution < 1.29 is 4.79 Å². The standard InChI is InChI=1S/C26H21ClN4O2S/c27-19-8-5-16(6-9-19)15-31-25(33)21-10-7-17(13-23(21)30-26(31)34)24(32)28-12-11-18-14-29-22-4-2-1-3-20(18)22/h1-10,13-14,29H,11-12,15H2,(H,28,32)(H,30,34). The van der Waals surface area contributed by atoms with E-state index in [-0.39, 0.29) is 11.5 Å². The number of carbonyl (C=O) groups is 1. The van der Waals surface area contributed by atoms with E-state index < -0.39 is 0 Å². The third-order valence-corrected chi connectivity index (χ3v) is 6.43. The first-order chi connectivity index (χ1) is 16.5. The van der Waals surface area contributed by atoms with Crippen molar-refractivity contribution in [2.24, 2.45) is 0 Å². The number of carbonyl (C=O) groups excluding carboxylic acids is 1. The number of hydrogen-bond donors (Lipinski definition) is 3. The number of nitrogens with one attached hydrogen (secondary N) is 3. The zero-order valence-corrected chi connectivity index (χ0v) is 19.7. The summed E-state index contributed by atoms with van der Waals surface area (Å²) >= 11 is 11.4. The van der Waals surface area contributed by atoms with Crippen LogP contribution in [0.2, 0.25) is 5.02 Å². The van der Waals surface area contributed by atoms with Gasteiger partial charge >= 0.3 is 0 Å². The molecule has 0 spiro atoms. The van der Waals surface area contributed by atoms with Crippen molar-refractivity contribution in [3.05, 3.63) is 110 Å². The molecule has 170 valence electrons. The Labute approximate surface area is 205 Å². The minimum Gasteiger partial charge on any atom is -0.361 e. The number of rotatable bonds is 6. The van der Waals surface area contributed by atoms with Gasteiger partial charge < -0.3 is 15.3 Å². The summed E-state index contributed by atoms with van der Waals surface area (Å²) < 4.78 is 1.80. The van der Waals surface area contributed by atoms with Crippen LogP contribution in [0.3, 0.4) is 0 Å². The molecule has 0 unspecified atom stereocenters. The monoisotopic (exact) mass is 488 g/mol. The molecule has 6 nitrogen and oxygen atoms in total. The third kappa shape index (κ3) is 4.40. The molecule has 3 N–H and O–H groups in total. The molecule has 8 heteroatoms. The number of amides is 1. The minimum atomic E-state index is -0.208. The lowest BCUT2D eigenvalue weighted by molar-refractivity contribution is 0.0954. The van der Waals surface area contributed by atoms with Crippen molar-refractivity contribution in [2.75, 3.05) is 6.54 Å². The summed E-state index contributed by atoms with van der Waals surface area (Å²) in [7, 11) is 0. The predicted molar refractivity (Wildman–Crippen MR) is 138 cm³/mol. The molecular weight excluding hydrogens is 468 g/mol. The van der Waals surface area contributed by atoms with Gasteiger partial charge in [-0.05, 0) is 66.2 Å². The highest BCUT2D eigenvalue weighted by Crippen LogP contribution is 2.18. The number of hydrogen-bond acceptors (Lipinski definition) is 3. The molecule has 34 heavy (non-hydrogen) atoms. The number of halogens is 1. The fraction of sp³-hybridized carbons (Fsp3) is 0.115. The molecule has 1 amide bonds. The molecular formula is C26H21ClN4O2S. The molecule has 0 fully saturated rings. The fourth-order valence-corrected chi connectivity index (χ4v) is 4.45. The summed E-state index contributed by atoms with van der Waals surface area (Å²) in [5, 5.41) is 5.22. The van der Waals surface area contributed by atoms with Crippen molar-refractivity contribution in [3.63, 3.8) is 0 Å². The fourth-order valence-electron chi connectivity index (χ4n) is 4.06. The first kappa shape index (κ1) is 22.1. The number of aromatic amines is 2. The van der Waals surface area contributed by atoms with Gasteiger partial charge in [0.05, 0.1) is 17.4 Å². The second kappa shape index (κ2) is 9.29. The zero-order valence-electron chi connectivity index (χ0n) is 18.1. The summed E-state index contributed by atoms with van der Waals surface area (Å²) in [6, 6.07) is 20.3. The quantitative estimate of drug-likeness (QED) is 0.287. The first-order valence-corrected chi connectivity index (χ1v) is 11.6. The Balaban J connectivity index is 1.33. The topological polar surface area (TPSA) is 82.7 Å². The molecule has 0 atom stereocenters. The van der Waals surface area contributed by atoms with Crippen LogP contribution in [0.25, 0.3) is 21.8 Å². The molecule has 0 aliphatic carbocycles. The Morgan fingerprint density at radius 1 is 1.00 bits per heavy atom. The first-order valence-electron chi connectivity index (χ1n) is 10.8. The highest BCUT2D eigenvalue weighted by Gasteiger charge is 2.11. The van der Waals surface area contributed by atoms with E-state index in [0.29, 0.717) is 45.8 Å². The summed E-state index contributed by atoms with van der Waals surface area (Å²) in [5.41, 5.74) is 3.94. The number of para-hydroxylation sites is 1. The number of nitrogens with zero attached hydrogens (tertiary/aromatic N) is 1. The molecule has 0 radical (unpaired) electrons. The van der Waals surface area contributed by atoms with Gasteiger partial charge in [-0.25, -0.2) is 0 Å². The van der Waals surface area contributed by atoms with E-state index in [0.717, 1.165) is 22.0 Å². The molecule has 0 saturated heterocycles. The molecule has 2 aromatic heterocycles. The Bertz CT molecular complexity index is 1630. The number of benzene rings is 3. The van der Waals surface area contributed by atoms with E-state index in [1.165, 1.54) is 4.57 Å². The van der Waals surface area contributed by atoms with Gasteiger partial charge in [0.15, 0.2) is 4.77 Å². The van der Waals surface area contributed by atoms with Gasteiger partial charge in [0.25, 0.3) is 11.5 Å². The van der Waals surface area contributed by atoms with Crippen LogP contribution >= 0.6 is 23.8 Å². The largest absolute Gasteiger partial charge is 0.361 e. The lowest BCUT2D eigenvalue weighted by Gasteiger charge is -2.10. The molecule has 0 saturated carbocycles. The SMILES string of the molecule is O=C(NCCc1c[nH]c2ccccc12)c1ccc2c(=O)n(Cc3ccc(Cl)cc3)c(=S)[nH]c2c1. The van der Waals surface area contributed by atoms with Gasteiger partial charge in [-0.15, -0.1) is 0 Å². The van der Waals surface area contributed by atoms with E-state index in [1.54, 1.807) is 30.3 Å². The lowest BCUT2D eigenvalue weighted by Crippen LogP contribution is -2.26. The van der Waals surface area contributed by atoms with Crippen molar-refractivity contribution in [2.45, 2.75) is 13.0 Å². The Kier molecular flexibility index (Phi) is 6.04. The molecule has 2 heterocycles. The molecule has 3 aromatic carbocycles. The van der Waals surface area contributed by atoms with Gasteiger partial charge in [0.2, 0.25) is 0 Å². The second-order valence-corrected chi connectivity index (χ2v) is 8.90. The molecule has 0 aliphatic rings. The van der Waals surface area contributed by atoms with Crippen molar-refractivity contribution in [1.82, 2.24) is 19.9 Å². The summed E-state index contributed by atoms with van der Waals surface area (Å²) in [6.45, 7) is 0.828. The van der Waals surface area contributed by atoms with Crippen LogP contribution in [0.15, 0.2) is 77.7 Å². The maximum Gasteiger partial charge on any atom is 0.262 e. The molecule has 0 bridgehead atoms. The Morgan fingerprint density at radius 2 is 1.79 bits per heavy atom. The van der Waals surface area contributed by atoms with Crippen LogP contribution in [0, 0.1) is 4.77 Å². The predicted octanol–water partition coefficient (Wildman–Crippen LogP) is 5.21. The van der Waals surface area contributed by atoms with Gasteiger partial charge in [-0.1, -0.05) is 41.9 Å². The highest BCUT2D eigenvalue weighted by molar-refractivity contribution is 7.71. The highest BCUT2D eigenvalue weighted by atomic mass is 35.5. The lowest BCUT2D eigenvalue weighted by atomic mass is 10.1. The average Bonchev–Trinajstić information content (AvgIpc) is 3.25. The minimum absolute atomic E-state index is 0.202. The Hall–Kier alpha value is -3.68. The maximum absolute atomic E-state index is 13.1. The maximum atomic E-state index is 13.1. The average molecular weight is 489 g/mol. The van der Waals surface area contributed by atoms with Gasteiger partial charge in [-0.2, -0.15) is 0 Å². The summed E-state index contributed by atoms with van der Waals surface area (Å²) in [6.07, 6.45) is 2.68. The van der Waals surface area contributed by atoms with E-state index in [2.05, 4.69) is 21.4 Å². The second-order valence-electron chi connectivity index (χ2n) is 8.07. The van der Waals surface area contributed by atoms with Crippen LogP contribution in [-0.2, 0) is 13.0 Å². The van der Waals surface area contributed by atoms with Crippen LogP contribution in [-0.4, -0.2) is 27.0 Å². The van der Waals surface area contributed by atoms with Gasteiger partial charge in [0.1, 0.15) is 0 Å². The number of H-pyrrole nitrogens is 2. The smallest absolute Gasteiger partial charge is 0.262 e. The van der Waals surface area contributed by atoms with Crippen LogP contribution in [0.5, 0.6) is 0 Å². The molecule has 0 aliphatic heterocycles. The van der Waals surface area contributed by atoms with Gasteiger partial charge in [-0.3, -0.25) is 14.2 Å². The van der Waals surface area contributed by atoms with Crippen molar-refractivity contribution in [1.29, 1.82) is 0 Å². The summed E-state index contributed by atoms with van der Waals surface area (Å²) in [5.74, 6) is -0.202. The normalized spacial score (nSPS) is 11.2. The van der Waals surface area contributed by atoms with Crippen LogP contribution in [0.1, 0.15) is 21.5 Å². The molecule has 5 rings (SSSR count). The van der Waals surface area contributed by atoms with Gasteiger partial charge in [0, 0.05) is 34.2 Å². The van der Waals surface area contributed by atoms with Crippen molar-refractivity contribution >= 4 is 51.5 Å². The van der Waals surface area contributed by atoms with E-state index in [9.17, 15) is 9.59 Å². The zero-order chi connectivity index (χ0) is 23.7. The van der Waals surface area contributed by atoms with Crippen LogP contribution < -0.4 is 10.9 Å². The third-order valence-electron chi connectivity index (χ3n) is 5.85. The number of fused-ring (bicyclic) bond motifs is 2. The van der Waals surface area contributed by atoms with E-state index in [1.807, 2.05) is 36.5 Å². The van der Waals surface area contributed by atoms with Crippen LogP contribution in [0.4, 0.5) is 0 Å². The van der Waals surface area contributed by atoms with Crippen molar-refractivity contribution in [3.8, 4) is 0 Å². The summed E-state index contributed by atoms with van der Waals surface area (Å²) in [4.78, 5) is 32.1. The Morgan fingerprint density at radius 3 is 2.62 bits per heavy atom. The number of aromatic nitrogens is 3. The van der Waals surface area contributed by atoms with E-state index >= 15 is 0 Å². The van der Waals surface area contributed by atoms with E-state index in [4.69, 9.17) is 23.8 Å².